The lowest BCUT2D eigenvalue weighted by atomic mass is 10.1. The predicted molar refractivity (Wildman–Crippen MR) is 89.3 cm³/mol. The number of rotatable bonds is 1. The van der Waals surface area contributed by atoms with Gasteiger partial charge in [0.2, 0.25) is 15.6 Å². The number of benzene rings is 2. The Kier molecular flexibility index (Phi) is 3.04. The van der Waals surface area contributed by atoms with Crippen LogP contribution >= 0.6 is 0 Å². The summed E-state index contributed by atoms with van der Waals surface area (Å²) < 4.78 is 25.3. The Labute approximate surface area is 137 Å². The van der Waals surface area contributed by atoms with Crippen LogP contribution in [0.25, 0.3) is 17.0 Å². The Hall–Kier alpha value is -2.99. The van der Waals surface area contributed by atoms with E-state index in [9.17, 15) is 18.3 Å². The van der Waals surface area contributed by atoms with Gasteiger partial charge in [0.1, 0.15) is 16.2 Å². The molecule has 0 unspecified atom stereocenters. The number of phenolic OH excluding ortho intramolecular Hbond substituents is 1. The van der Waals surface area contributed by atoms with Gasteiger partial charge in [0.05, 0.1) is 4.90 Å². The lowest BCUT2D eigenvalue weighted by molar-refractivity contribution is 0.104. The molecule has 6 heteroatoms. The van der Waals surface area contributed by atoms with Crippen molar-refractivity contribution in [3.8, 4) is 5.75 Å². The van der Waals surface area contributed by atoms with Crippen molar-refractivity contribution >= 4 is 32.6 Å². The molecule has 118 valence electrons. The molecular formula is C18H11NO4S. The third-order valence-corrected chi connectivity index (χ3v) is 5.82. The molecule has 0 fully saturated rings. The van der Waals surface area contributed by atoms with Crippen molar-refractivity contribution in [3.05, 3.63) is 70.8 Å². The average Bonchev–Trinajstić information content (AvgIpc) is 2.79. The van der Waals surface area contributed by atoms with Crippen molar-refractivity contribution in [3.63, 3.8) is 0 Å². The van der Waals surface area contributed by atoms with E-state index in [0.29, 0.717) is 16.5 Å². The molecule has 3 aromatic rings. The topological polar surface area (TPSA) is 84.3 Å². The molecule has 5 nitrogen and oxygen atoms in total. The summed E-state index contributed by atoms with van der Waals surface area (Å²) in [4.78, 5) is 16.4. The number of hydrogen-bond donors (Lipinski definition) is 1. The summed E-state index contributed by atoms with van der Waals surface area (Å²) in [6, 6.07) is 12.6. The normalized spacial score (nSPS) is 17.3. The predicted octanol–water partition coefficient (Wildman–Crippen LogP) is 2.95. The summed E-state index contributed by atoms with van der Waals surface area (Å²) in [5.74, 6) is -0.521. The summed E-state index contributed by atoms with van der Waals surface area (Å²) in [7, 11) is -3.84. The number of carbonyl (C=O) groups is 1. The van der Waals surface area contributed by atoms with Gasteiger partial charge in [-0.2, -0.15) is 0 Å². The highest BCUT2D eigenvalue weighted by molar-refractivity contribution is 7.97. The molecule has 4 rings (SSSR count). The quantitative estimate of drug-likeness (QED) is 0.690. The van der Waals surface area contributed by atoms with Gasteiger partial charge in [0, 0.05) is 17.1 Å². The molecule has 2 aromatic carbocycles. The number of Topliss-reactive ketones (excluding diaryl/α,β-unsaturated/α-hetero) is 1. The number of sulfone groups is 1. The molecular weight excluding hydrogens is 326 g/mol. The van der Waals surface area contributed by atoms with Gasteiger partial charge in [-0.3, -0.25) is 9.78 Å². The van der Waals surface area contributed by atoms with Crippen LogP contribution in [0.3, 0.4) is 0 Å². The van der Waals surface area contributed by atoms with Gasteiger partial charge in [-0.15, -0.1) is 0 Å². The van der Waals surface area contributed by atoms with Crippen molar-refractivity contribution in [2.75, 3.05) is 0 Å². The van der Waals surface area contributed by atoms with Crippen LogP contribution in [0.15, 0.2) is 64.5 Å². The van der Waals surface area contributed by atoms with Crippen molar-refractivity contribution < 1.29 is 18.3 Å². The maximum atomic E-state index is 12.6. The Morgan fingerprint density at radius 3 is 2.58 bits per heavy atom. The SMILES string of the molecule is O=C1C(=Cc2ccc(O)c3ncccc23)S(=O)(=O)c2ccccc21. The van der Waals surface area contributed by atoms with Gasteiger partial charge in [0.25, 0.3) is 0 Å². The number of hydrogen-bond acceptors (Lipinski definition) is 5. The fourth-order valence-corrected chi connectivity index (χ4v) is 4.43. The van der Waals surface area contributed by atoms with Gasteiger partial charge in [-0.25, -0.2) is 8.42 Å². The minimum atomic E-state index is -3.84. The number of allylic oxidation sites excluding steroid dienone is 1. The summed E-state index contributed by atoms with van der Waals surface area (Å²) in [5.41, 5.74) is 1.05. The molecule has 1 N–H and O–H groups in total. The summed E-state index contributed by atoms with van der Waals surface area (Å²) in [6.45, 7) is 0. The van der Waals surface area contributed by atoms with Gasteiger partial charge >= 0.3 is 0 Å². The maximum Gasteiger partial charge on any atom is 0.211 e. The van der Waals surface area contributed by atoms with Crippen LogP contribution < -0.4 is 0 Å². The number of fused-ring (bicyclic) bond motifs is 2. The first-order chi connectivity index (χ1) is 11.5. The second-order valence-corrected chi connectivity index (χ2v) is 7.30. The maximum absolute atomic E-state index is 12.6. The Morgan fingerprint density at radius 2 is 1.79 bits per heavy atom. The highest BCUT2D eigenvalue weighted by Gasteiger charge is 2.38. The second-order valence-electron chi connectivity index (χ2n) is 5.41. The molecule has 0 saturated carbocycles. The van der Waals surface area contributed by atoms with E-state index >= 15 is 0 Å². The average molecular weight is 337 g/mol. The summed E-state index contributed by atoms with van der Waals surface area (Å²) >= 11 is 0. The molecule has 0 atom stereocenters. The number of phenols is 1. The van der Waals surface area contributed by atoms with E-state index in [1.54, 1.807) is 30.3 Å². The molecule has 0 amide bonds. The Bertz CT molecular complexity index is 1150. The van der Waals surface area contributed by atoms with E-state index in [-0.39, 0.29) is 21.1 Å². The monoisotopic (exact) mass is 337 g/mol. The van der Waals surface area contributed by atoms with Gasteiger partial charge < -0.3 is 5.11 Å². The first-order valence-electron chi connectivity index (χ1n) is 7.17. The van der Waals surface area contributed by atoms with E-state index in [2.05, 4.69) is 4.98 Å². The first kappa shape index (κ1) is 14.6. The molecule has 0 radical (unpaired) electrons. The third kappa shape index (κ3) is 1.97. The van der Waals surface area contributed by atoms with E-state index < -0.39 is 15.6 Å². The van der Waals surface area contributed by atoms with Crippen LogP contribution in [0.4, 0.5) is 0 Å². The van der Waals surface area contributed by atoms with Crippen molar-refractivity contribution in [1.82, 2.24) is 4.98 Å². The van der Waals surface area contributed by atoms with Crippen LogP contribution in [-0.2, 0) is 9.84 Å². The smallest absolute Gasteiger partial charge is 0.211 e. The third-order valence-electron chi connectivity index (χ3n) is 4.00. The number of aromatic nitrogens is 1. The molecule has 2 heterocycles. The van der Waals surface area contributed by atoms with Crippen LogP contribution in [0, 0.1) is 0 Å². The molecule has 1 aliphatic heterocycles. The van der Waals surface area contributed by atoms with Crippen LogP contribution in [-0.4, -0.2) is 24.3 Å². The number of aromatic hydroxyl groups is 1. The minimum Gasteiger partial charge on any atom is -0.506 e. The molecule has 0 bridgehead atoms. The fraction of sp³-hybridized carbons (Fsp3) is 0. The van der Waals surface area contributed by atoms with Gasteiger partial charge in [-0.1, -0.05) is 24.3 Å². The van der Waals surface area contributed by atoms with Gasteiger partial charge in [-0.05, 0) is 35.9 Å². The van der Waals surface area contributed by atoms with E-state index in [0.717, 1.165) is 0 Å². The highest BCUT2D eigenvalue weighted by atomic mass is 32.2. The second kappa shape index (κ2) is 5.01. The molecule has 0 aliphatic carbocycles. The number of carbonyl (C=O) groups excluding carboxylic acids is 1. The zero-order valence-electron chi connectivity index (χ0n) is 12.3. The fourth-order valence-electron chi connectivity index (χ4n) is 2.85. The molecule has 0 spiro atoms. The lowest BCUT2D eigenvalue weighted by Gasteiger charge is -2.04. The van der Waals surface area contributed by atoms with Crippen molar-refractivity contribution in [2.24, 2.45) is 0 Å². The zero-order chi connectivity index (χ0) is 16.9. The molecule has 0 saturated heterocycles. The van der Waals surface area contributed by atoms with Crippen LogP contribution in [0.2, 0.25) is 0 Å². The van der Waals surface area contributed by atoms with E-state index in [4.69, 9.17) is 0 Å². The van der Waals surface area contributed by atoms with Gasteiger partial charge in [0.15, 0.2) is 0 Å². The number of pyridine rings is 1. The molecule has 1 aromatic heterocycles. The van der Waals surface area contributed by atoms with E-state index in [1.807, 2.05) is 0 Å². The summed E-state index contributed by atoms with van der Waals surface area (Å²) in [5, 5.41) is 10.5. The highest BCUT2D eigenvalue weighted by Crippen LogP contribution is 2.36. The molecule has 24 heavy (non-hydrogen) atoms. The van der Waals surface area contributed by atoms with Crippen molar-refractivity contribution in [1.29, 1.82) is 0 Å². The Balaban J connectivity index is 1.99. The minimum absolute atomic E-state index is 0.00311. The standard InChI is InChI=1S/C18H11NO4S/c20-14-8-7-11(12-5-3-9-19-17(12)14)10-16-18(21)13-4-1-2-6-15(13)24(16,22)23/h1-10,20H. The number of nitrogens with zero attached hydrogens (tertiary/aromatic N) is 1. The van der Waals surface area contributed by atoms with Crippen molar-refractivity contribution in [2.45, 2.75) is 4.90 Å². The van der Waals surface area contributed by atoms with E-state index in [1.165, 1.54) is 30.5 Å². The lowest BCUT2D eigenvalue weighted by Crippen LogP contribution is -2.02. The Morgan fingerprint density at radius 1 is 1.00 bits per heavy atom. The van der Waals surface area contributed by atoms with Crippen LogP contribution in [0.5, 0.6) is 5.75 Å². The number of ketones is 1. The summed E-state index contributed by atoms with van der Waals surface area (Å²) in [6.07, 6.45) is 2.88. The zero-order valence-corrected chi connectivity index (χ0v) is 13.1. The molecule has 1 aliphatic rings. The first-order valence-corrected chi connectivity index (χ1v) is 8.66. The largest absolute Gasteiger partial charge is 0.506 e. The van der Waals surface area contributed by atoms with Crippen LogP contribution in [0.1, 0.15) is 15.9 Å².